The Morgan fingerprint density at radius 2 is 2.28 bits per heavy atom. The van der Waals surface area contributed by atoms with Crippen molar-refractivity contribution < 1.29 is 9.50 Å². The second kappa shape index (κ2) is 4.94. The van der Waals surface area contributed by atoms with Crippen molar-refractivity contribution in [1.29, 1.82) is 5.41 Å². The summed E-state index contributed by atoms with van der Waals surface area (Å²) < 4.78 is 13.2. The summed E-state index contributed by atoms with van der Waals surface area (Å²) in [6.07, 6.45) is 0.387. The Kier molecular flexibility index (Phi) is 3.52. The molecule has 1 heterocycles. The molecule has 1 aromatic carbocycles. The van der Waals surface area contributed by atoms with E-state index in [9.17, 15) is 9.50 Å². The van der Waals surface area contributed by atoms with Crippen LogP contribution in [0.15, 0.2) is 18.2 Å². The molecule has 0 radical (unpaired) electrons. The molecule has 98 valence electrons. The molecule has 1 aliphatic rings. The topological polar surface area (TPSA) is 73.3 Å². The molecule has 18 heavy (non-hydrogen) atoms. The van der Waals surface area contributed by atoms with Gasteiger partial charge in [-0.1, -0.05) is 6.92 Å². The van der Waals surface area contributed by atoms with Gasteiger partial charge in [0.15, 0.2) is 0 Å². The molecule has 0 amide bonds. The van der Waals surface area contributed by atoms with Crippen molar-refractivity contribution in [3.63, 3.8) is 0 Å². The number of rotatable bonds is 2. The number of aliphatic hydroxyl groups is 1. The van der Waals surface area contributed by atoms with E-state index in [0.717, 1.165) is 5.69 Å². The highest BCUT2D eigenvalue weighted by atomic mass is 19.1. The van der Waals surface area contributed by atoms with Crippen LogP contribution in [0.25, 0.3) is 0 Å². The highest BCUT2D eigenvalue weighted by Crippen LogP contribution is 2.27. The summed E-state index contributed by atoms with van der Waals surface area (Å²) >= 11 is 0. The average Bonchev–Trinajstić information content (AvgIpc) is 2.32. The number of aliphatic hydroxyl groups excluding tert-OH is 1. The number of benzene rings is 1. The van der Waals surface area contributed by atoms with E-state index in [0.29, 0.717) is 25.1 Å². The molecule has 1 fully saturated rings. The van der Waals surface area contributed by atoms with Crippen molar-refractivity contribution in [2.45, 2.75) is 19.4 Å². The molecule has 5 heteroatoms. The fraction of sp³-hybridized carbons (Fsp3) is 0.462. The average molecular weight is 251 g/mol. The molecular formula is C13H18FN3O. The highest BCUT2D eigenvalue weighted by molar-refractivity contribution is 6.00. The second-order valence-electron chi connectivity index (χ2n) is 4.85. The van der Waals surface area contributed by atoms with Gasteiger partial charge in [0.2, 0.25) is 0 Å². The van der Waals surface area contributed by atoms with E-state index in [-0.39, 0.29) is 17.9 Å². The zero-order valence-corrected chi connectivity index (χ0v) is 10.4. The first-order valence-electron chi connectivity index (χ1n) is 6.06. The summed E-state index contributed by atoms with van der Waals surface area (Å²) in [5.41, 5.74) is 6.67. The van der Waals surface area contributed by atoms with Crippen LogP contribution < -0.4 is 10.6 Å². The lowest BCUT2D eigenvalue weighted by Crippen LogP contribution is -2.42. The van der Waals surface area contributed by atoms with E-state index < -0.39 is 5.82 Å². The Morgan fingerprint density at radius 1 is 1.56 bits per heavy atom. The van der Waals surface area contributed by atoms with Gasteiger partial charge in [-0.15, -0.1) is 0 Å². The minimum Gasteiger partial charge on any atom is -0.393 e. The Hall–Kier alpha value is -1.62. The van der Waals surface area contributed by atoms with Gasteiger partial charge in [0.1, 0.15) is 11.7 Å². The minimum absolute atomic E-state index is 0.136. The number of hydrogen-bond donors (Lipinski definition) is 3. The maximum Gasteiger partial charge on any atom is 0.125 e. The van der Waals surface area contributed by atoms with Crippen LogP contribution in [-0.2, 0) is 0 Å². The van der Waals surface area contributed by atoms with Crippen molar-refractivity contribution >= 4 is 11.5 Å². The highest BCUT2D eigenvalue weighted by Gasteiger charge is 2.26. The van der Waals surface area contributed by atoms with E-state index in [1.54, 1.807) is 6.07 Å². The Labute approximate surface area is 106 Å². The van der Waals surface area contributed by atoms with Gasteiger partial charge in [0.05, 0.1) is 6.10 Å². The smallest absolute Gasteiger partial charge is 0.125 e. The maximum absolute atomic E-state index is 13.2. The molecule has 0 aliphatic carbocycles. The van der Waals surface area contributed by atoms with Gasteiger partial charge in [-0.25, -0.2) is 4.39 Å². The van der Waals surface area contributed by atoms with E-state index in [1.165, 1.54) is 12.1 Å². The van der Waals surface area contributed by atoms with Gasteiger partial charge in [-0.3, -0.25) is 5.41 Å². The number of hydrogen-bond acceptors (Lipinski definition) is 3. The lowest BCUT2D eigenvalue weighted by atomic mass is 9.95. The quantitative estimate of drug-likeness (QED) is 0.548. The zero-order chi connectivity index (χ0) is 13.3. The van der Waals surface area contributed by atoms with Crippen LogP contribution in [0.3, 0.4) is 0 Å². The number of anilines is 1. The molecule has 4 N–H and O–H groups in total. The van der Waals surface area contributed by atoms with E-state index in [1.807, 2.05) is 11.8 Å². The third-order valence-corrected chi connectivity index (χ3v) is 3.45. The summed E-state index contributed by atoms with van der Waals surface area (Å²) in [4.78, 5) is 2.05. The summed E-state index contributed by atoms with van der Waals surface area (Å²) in [7, 11) is 0. The fourth-order valence-corrected chi connectivity index (χ4v) is 2.35. The predicted octanol–water partition coefficient (Wildman–Crippen LogP) is 1.32. The molecule has 0 aromatic heterocycles. The summed E-state index contributed by atoms with van der Waals surface area (Å²) in [6.45, 7) is 3.36. The van der Waals surface area contributed by atoms with E-state index >= 15 is 0 Å². The number of piperidine rings is 1. The van der Waals surface area contributed by atoms with Gasteiger partial charge in [0.25, 0.3) is 0 Å². The summed E-state index contributed by atoms with van der Waals surface area (Å²) in [5, 5.41) is 17.2. The van der Waals surface area contributed by atoms with Crippen LogP contribution in [0.2, 0.25) is 0 Å². The Balaban J connectivity index is 2.30. The fourth-order valence-electron chi connectivity index (χ4n) is 2.35. The Bertz CT molecular complexity index is 464. The normalized spacial score (nSPS) is 24.1. The molecule has 1 aliphatic heterocycles. The second-order valence-corrected chi connectivity index (χ2v) is 4.85. The molecular weight excluding hydrogens is 233 g/mol. The molecule has 2 rings (SSSR count). The molecule has 0 spiro atoms. The molecule has 0 bridgehead atoms. The minimum atomic E-state index is -0.394. The number of nitrogens with zero attached hydrogens (tertiary/aromatic N) is 1. The van der Waals surface area contributed by atoms with Gasteiger partial charge in [-0.05, 0) is 30.5 Å². The number of nitrogen functional groups attached to an aromatic ring is 1. The van der Waals surface area contributed by atoms with Crippen molar-refractivity contribution in [3.8, 4) is 0 Å². The number of nitrogens with two attached hydrogens (primary N) is 1. The first kappa shape index (κ1) is 12.8. The van der Waals surface area contributed by atoms with Gasteiger partial charge in [0, 0.05) is 24.3 Å². The van der Waals surface area contributed by atoms with Gasteiger partial charge in [-0.2, -0.15) is 0 Å². The van der Waals surface area contributed by atoms with Crippen LogP contribution in [0.4, 0.5) is 10.1 Å². The van der Waals surface area contributed by atoms with Crippen LogP contribution in [-0.4, -0.2) is 30.1 Å². The Morgan fingerprint density at radius 3 is 2.89 bits per heavy atom. The lowest BCUT2D eigenvalue weighted by Gasteiger charge is -2.36. The van der Waals surface area contributed by atoms with E-state index in [2.05, 4.69) is 0 Å². The maximum atomic E-state index is 13.2. The van der Waals surface area contributed by atoms with Crippen LogP contribution in [0.5, 0.6) is 0 Å². The molecule has 2 atom stereocenters. The van der Waals surface area contributed by atoms with Crippen molar-refractivity contribution in [2.24, 2.45) is 11.7 Å². The van der Waals surface area contributed by atoms with Gasteiger partial charge < -0.3 is 15.7 Å². The van der Waals surface area contributed by atoms with Crippen molar-refractivity contribution in [3.05, 3.63) is 29.6 Å². The van der Waals surface area contributed by atoms with Gasteiger partial charge >= 0.3 is 0 Å². The molecule has 1 aromatic rings. The first-order valence-corrected chi connectivity index (χ1v) is 6.06. The van der Waals surface area contributed by atoms with Crippen molar-refractivity contribution in [1.82, 2.24) is 0 Å². The van der Waals surface area contributed by atoms with Crippen LogP contribution in [0.1, 0.15) is 18.9 Å². The van der Waals surface area contributed by atoms with E-state index in [4.69, 9.17) is 11.1 Å². The number of amidine groups is 1. The third kappa shape index (κ3) is 2.46. The largest absolute Gasteiger partial charge is 0.393 e. The number of nitrogens with one attached hydrogen (secondary N) is 1. The molecule has 4 nitrogen and oxygen atoms in total. The van der Waals surface area contributed by atoms with Crippen LogP contribution in [0, 0.1) is 17.1 Å². The molecule has 0 saturated carbocycles. The monoisotopic (exact) mass is 251 g/mol. The number of halogens is 1. The standard InChI is InChI=1S/C13H18FN3O/c1-8-7-17(5-4-12(8)18)11-3-2-9(14)6-10(11)13(15)16/h2-3,6,8,12,18H,4-5,7H2,1H3,(H3,15,16). The SMILES string of the molecule is CC1CN(c2ccc(F)cc2C(=N)N)CCC1O. The summed E-state index contributed by atoms with van der Waals surface area (Å²) in [5.74, 6) is -0.374. The zero-order valence-electron chi connectivity index (χ0n) is 10.4. The first-order chi connectivity index (χ1) is 8.49. The predicted molar refractivity (Wildman–Crippen MR) is 69.4 cm³/mol. The lowest BCUT2D eigenvalue weighted by molar-refractivity contribution is 0.0971. The van der Waals surface area contributed by atoms with Crippen LogP contribution >= 0.6 is 0 Å². The third-order valence-electron chi connectivity index (χ3n) is 3.45. The molecule has 1 saturated heterocycles. The molecule has 2 unspecified atom stereocenters. The van der Waals surface area contributed by atoms with Crippen molar-refractivity contribution in [2.75, 3.05) is 18.0 Å². The summed E-state index contributed by atoms with van der Waals surface area (Å²) in [6, 6.07) is 4.31.